The van der Waals surface area contributed by atoms with E-state index >= 15 is 0 Å². The van der Waals surface area contributed by atoms with E-state index in [1.807, 2.05) is 6.08 Å². The maximum Gasteiger partial charge on any atom is 0.305 e. The molecule has 0 aromatic heterocycles. The predicted octanol–water partition coefficient (Wildman–Crippen LogP) is 17.6. The molecule has 6 nitrogen and oxygen atoms in total. The summed E-state index contributed by atoms with van der Waals surface area (Å²) in [4.78, 5) is 24.5. The molecule has 0 aliphatic carbocycles. The maximum absolute atomic E-state index is 12.4. The number of aliphatic hydroxyl groups is 2. The van der Waals surface area contributed by atoms with Gasteiger partial charge in [0.05, 0.1) is 25.4 Å². The van der Waals surface area contributed by atoms with Gasteiger partial charge < -0.3 is 20.3 Å². The molecule has 6 heteroatoms. The molecule has 0 aromatic rings. The second-order valence-corrected chi connectivity index (χ2v) is 19.3. The fourth-order valence-electron chi connectivity index (χ4n) is 8.34. The largest absolute Gasteiger partial charge is 0.466 e. The van der Waals surface area contributed by atoms with E-state index in [1.54, 1.807) is 6.08 Å². The van der Waals surface area contributed by atoms with E-state index in [0.717, 1.165) is 89.9 Å². The van der Waals surface area contributed by atoms with Gasteiger partial charge in [-0.3, -0.25) is 9.59 Å². The van der Waals surface area contributed by atoms with Crippen LogP contribution in [0.2, 0.25) is 0 Å². The van der Waals surface area contributed by atoms with E-state index in [0.29, 0.717) is 19.4 Å². The van der Waals surface area contributed by atoms with Crippen LogP contribution in [-0.2, 0) is 14.3 Å². The average molecular weight is 925 g/mol. The van der Waals surface area contributed by atoms with Gasteiger partial charge in [-0.1, -0.05) is 229 Å². The molecule has 2 unspecified atom stereocenters. The topological polar surface area (TPSA) is 95.9 Å². The van der Waals surface area contributed by atoms with Crippen molar-refractivity contribution < 1.29 is 24.5 Å². The van der Waals surface area contributed by atoms with Crippen molar-refractivity contribution in [2.75, 3.05) is 13.2 Å². The number of allylic oxidation sites excluding steroid dienone is 9. The molecule has 1 amide bonds. The lowest BCUT2D eigenvalue weighted by Crippen LogP contribution is -2.45. The molecule has 2 atom stereocenters. The van der Waals surface area contributed by atoms with Crippen molar-refractivity contribution in [1.82, 2.24) is 5.32 Å². The number of unbranched alkanes of at least 4 members (excludes halogenated alkanes) is 33. The van der Waals surface area contributed by atoms with Crippen LogP contribution < -0.4 is 5.32 Å². The normalized spacial score (nSPS) is 13.1. The number of nitrogens with one attached hydrogen (secondary N) is 1. The number of hydrogen-bond acceptors (Lipinski definition) is 5. The molecule has 0 aliphatic heterocycles. The third-order valence-corrected chi connectivity index (χ3v) is 12.8. The second-order valence-electron chi connectivity index (χ2n) is 19.3. The molecule has 0 saturated carbocycles. The Balaban J connectivity index is 3.53. The van der Waals surface area contributed by atoms with Crippen LogP contribution in [-0.4, -0.2) is 47.4 Å². The predicted molar refractivity (Wildman–Crippen MR) is 287 cm³/mol. The molecular formula is C60H109NO5. The van der Waals surface area contributed by atoms with Crippen LogP contribution in [0.3, 0.4) is 0 Å². The van der Waals surface area contributed by atoms with Crippen LogP contribution in [0, 0.1) is 0 Å². The fraction of sp³-hybridized carbons (Fsp3) is 0.800. The van der Waals surface area contributed by atoms with Gasteiger partial charge in [-0.2, -0.15) is 0 Å². The standard InChI is InChI=1S/C60H109NO5/c1-3-5-7-9-11-13-15-17-19-20-23-26-30-34-38-42-46-50-54-60(65)66-55-51-47-43-39-35-31-27-24-21-22-25-29-33-37-41-45-49-53-59(64)61-57(56-62)58(63)52-48-44-40-36-32-28-18-16-14-12-10-8-6-4-2/h13,15,19-21,24,31,35,48,52,57-58,62-63H,3-12,14,16-18,22-23,25-30,32-34,36-47,49-51,53-56H2,1-2H3,(H,61,64)/b15-13-,20-19-,24-21-,35-31-,52-48+. The Bertz CT molecular complexity index is 1160. The third-order valence-electron chi connectivity index (χ3n) is 12.8. The first kappa shape index (κ1) is 63.6. The number of hydrogen-bond donors (Lipinski definition) is 3. The van der Waals surface area contributed by atoms with Crippen molar-refractivity contribution in [3.05, 3.63) is 60.8 Å². The lowest BCUT2D eigenvalue weighted by atomic mass is 10.0. The van der Waals surface area contributed by atoms with Crippen LogP contribution in [0.5, 0.6) is 0 Å². The Kier molecular flexibility index (Phi) is 53.1. The molecule has 0 bridgehead atoms. The molecule has 0 aliphatic rings. The zero-order chi connectivity index (χ0) is 47.9. The Morgan fingerprint density at radius 2 is 0.758 bits per heavy atom. The maximum atomic E-state index is 12.4. The molecule has 0 aromatic carbocycles. The number of rotatable bonds is 52. The van der Waals surface area contributed by atoms with Gasteiger partial charge in [-0.25, -0.2) is 0 Å². The molecule has 66 heavy (non-hydrogen) atoms. The molecule has 0 spiro atoms. The molecular weight excluding hydrogens is 815 g/mol. The smallest absolute Gasteiger partial charge is 0.305 e. The molecule has 0 fully saturated rings. The molecule has 0 rings (SSSR count). The van der Waals surface area contributed by atoms with Gasteiger partial charge in [-0.05, 0) is 103 Å². The minimum atomic E-state index is -0.856. The number of carbonyl (C=O) groups is 2. The summed E-state index contributed by atoms with van der Waals surface area (Å²) in [6.45, 7) is 4.83. The highest BCUT2D eigenvalue weighted by Crippen LogP contribution is 2.15. The van der Waals surface area contributed by atoms with Crippen molar-refractivity contribution in [3.63, 3.8) is 0 Å². The summed E-state index contributed by atoms with van der Waals surface area (Å²) in [6, 6.07) is -0.641. The van der Waals surface area contributed by atoms with Crippen LogP contribution >= 0.6 is 0 Å². The van der Waals surface area contributed by atoms with Crippen molar-refractivity contribution in [2.45, 2.75) is 296 Å². The number of aliphatic hydroxyl groups excluding tert-OH is 2. The minimum absolute atomic E-state index is 0.0246. The van der Waals surface area contributed by atoms with E-state index in [2.05, 4.69) is 67.8 Å². The van der Waals surface area contributed by atoms with Crippen molar-refractivity contribution in [3.8, 4) is 0 Å². The summed E-state index contributed by atoms with van der Waals surface area (Å²) in [6.07, 6.45) is 70.9. The summed E-state index contributed by atoms with van der Waals surface area (Å²) in [5, 5.41) is 23.1. The molecule has 0 radical (unpaired) electrons. The highest BCUT2D eigenvalue weighted by atomic mass is 16.5. The zero-order valence-electron chi connectivity index (χ0n) is 43.7. The highest BCUT2D eigenvalue weighted by molar-refractivity contribution is 5.76. The molecule has 384 valence electrons. The lowest BCUT2D eigenvalue weighted by molar-refractivity contribution is -0.143. The van der Waals surface area contributed by atoms with Gasteiger partial charge in [0.15, 0.2) is 0 Å². The van der Waals surface area contributed by atoms with Gasteiger partial charge in [0, 0.05) is 12.8 Å². The van der Waals surface area contributed by atoms with E-state index in [4.69, 9.17) is 4.74 Å². The van der Waals surface area contributed by atoms with Crippen LogP contribution in [0.4, 0.5) is 0 Å². The summed E-state index contributed by atoms with van der Waals surface area (Å²) in [5.74, 6) is -0.110. The van der Waals surface area contributed by atoms with Gasteiger partial charge in [-0.15, -0.1) is 0 Å². The number of ether oxygens (including phenoxy) is 1. The van der Waals surface area contributed by atoms with Gasteiger partial charge in [0.2, 0.25) is 5.91 Å². The molecule has 3 N–H and O–H groups in total. The molecule has 0 saturated heterocycles. The molecule has 0 heterocycles. The van der Waals surface area contributed by atoms with Gasteiger partial charge in [0.25, 0.3) is 0 Å². The van der Waals surface area contributed by atoms with E-state index in [1.165, 1.54) is 167 Å². The summed E-state index contributed by atoms with van der Waals surface area (Å²) in [5.41, 5.74) is 0. The monoisotopic (exact) mass is 924 g/mol. The Hall–Kier alpha value is -2.44. The Morgan fingerprint density at radius 1 is 0.424 bits per heavy atom. The lowest BCUT2D eigenvalue weighted by Gasteiger charge is -2.20. The first-order valence-corrected chi connectivity index (χ1v) is 28.6. The van der Waals surface area contributed by atoms with E-state index < -0.39 is 12.1 Å². The first-order chi connectivity index (χ1) is 32.5. The van der Waals surface area contributed by atoms with Crippen molar-refractivity contribution in [2.24, 2.45) is 0 Å². The van der Waals surface area contributed by atoms with Crippen LogP contribution in [0.1, 0.15) is 284 Å². The zero-order valence-corrected chi connectivity index (χ0v) is 43.7. The number of esters is 1. The minimum Gasteiger partial charge on any atom is -0.466 e. The van der Waals surface area contributed by atoms with Crippen LogP contribution in [0.15, 0.2) is 60.8 Å². The summed E-state index contributed by atoms with van der Waals surface area (Å²) in [7, 11) is 0. The SMILES string of the molecule is CCCCCC/C=C\C/C=C\CCCCCCCCCC(=O)OCCCCC/C=C\C/C=C\CCCCCCCCCC(=O)NC(CO)C(O)/C=C/CCCCCCCCCCCCCC. The fourth-order valence-corrected chi connectivity index (χ4v) is 8.34. The Labute approximate surface area is 409 Å². The van der Waals surface area contributed by atoms with Crippen molar-refractivity contribution in [1.29, 1.82) is 0 Å². The Morgan fingerprint density at radius 3 is 1.17 bits per heavy atom. The van der Waals surface area contributed by atoms with E-state index in [-0.39, 0.29) is 18.5 Å². The van der Waals surface area contributed by atoms with Gasteiger partial charge >= 0.3 is 5.97 Å². The number of amides is 1. The number of carbonyl (C=O) groups excluding carboxylic acids is 2. The average Bonchev–Trinajstić information content (AvgIpc) is 3.32. The highest BCUT2D eigenvalue weighted by Gasteiger charge is 2.18. The second kappa shape index (κ2) is 55.2. The van der Waals surface area contributed by atoms with Gasteiger partial charge in [0.1, 0.15) is 0 Å². The van der Waals surface area contributed by atoms with Crippen LogP contribution in [0.25, 0.3) is 0 Å². The first-order valence-electron chi connectivity index (χ1n) is 28.6. The third kappa shape index (κ3) is 51.0. The quantitative estimate of drug-likeness (QED) is 0.0321. The van der Waals surface area contributed by atoms with Crippen molar-refractivity contribution >= 4 is 11.9 Å². The summed E-state index contributed by atoms with van der Waals surface area (Å²) >= 11 is 0. The van der Waals surface area contributed by atoms with E-state index in [9.17, 15) is 19.8 Å². The summed E-state index contributed by atoms with van der Waals surface area (Å²) < 4.78 is 5.46.